The molecule has 1 heterocycles. The quantitative estimate of drug-likeness (QED) is 0.815. The monoisotopic (exact) mass is 365 g/mol. The van der Waals surface area contributed by atoms with E-state index in [4.69, 9.17) is 17.3 Å². The van der Waals surface area contributed by atoms with Crippen molar-refractivity contribution >= 4 is 44.6 Å². The van der Waals surface area contributed by atoms with Gasteiger partial charge in [-0.15, -0.1) is 0 Å². The molecular weight excluding hydrogens is 350 g/mol. The maximum atomic E-state index is 5.94. The van der Waals surface area contributed by atoms with Gasteiger partial charge in [0.25, 0.3) is 0 Å². The van der Waals surface area contributed by atoms with Crippen molar-refractivity contribution in [2.45, 2.75) is 0 Å². The highest BCUT2D eigenvalue weighted by Gasteiger charge is 2.19. The minimum absolute atomic E-state index is 0.781. The van der Waals surface area contributed by atoms with Gasteiger partial charge in [-0.3, -0.25) is 0 Å². The highest BCUT2D eigenvalue weighted by atomic mass is 79.9. The van der Waals surface area contributed by atoms with Crippen molar-refractivity contribution in [2.75, 3.05) is 41.7 Å². The predicted octanol–water partition coefficient (Wildman–Crippen LogP) is 4.01. The number of hydrogen-bond donors (Lipinski definition) is 1. The van der Waals surface area contributed by atoms with E-state index >= 15 is 0 Å². The first-order chi connectivity index (χ1) is 10.1. The summed E-state index contributed by atoms with van der Waals surface area (Å²) in [6.07, 6.45) is 0. The summed E-state index contributed by atoms with van der Waals surface area (Å²) < 4.78 is 1.06. The molecule has 1 saturated heterocycles. The number of piperazine rings is 1. The molecule has 1 fully saturated rings. The molecule has 0 aromatic heterocycles. The van der Waals surface area contributed by atoms with Gasteiger partial charge in [0.1, 0.15) is 0 Å². The smallest absolute Gasteiger partial charge is 0.0513 e. The van der Waals surface area contributed by atoms with Crippen LogP contribution in [0.1, 0.15) is 0 Å². The fourth-order valence-electron chi connectivity index (χ4n) is 2.64. The van der Waals surface area contributed by atoms with Crippen molar-refractivity contribution < 1.29 is 0 Å². The Bertz CT molecular complexity index is 622. The second-order valence-corrected chi connectivity index (χ2v) is 6.45. The summed E-state index contributed by atoms with van der Waals surface area (Å²) in [6, 6.07) is 14.0. The van der Waals surface area contributed by atoms with E-state index in [-0.39, 0.29) is 0 Å². The third kappa shape index (κ3) is 3.27. The first kappa shape index (κ1) is 14.5. The van der Waals surface area contributed by atoms with Gasteiger partial charge < -0.3 is 15.5 Å². The van der Waals surface area contributed by atoms with Crippen LogP contribution in [-0.2, 0) is 0 Å². The second-order valence-electron chi connectivity index (χ2n) is 5.16. The Morgan fingerprint density at radius 2 is 1.52 bits per heavy atom. The van der Waals surface area contributed by atoms with Gasteiger partial charge in [-0.2, -0.15) is 0 Å². The molecule has 2 aromatic rings. The number of anilines is 3. The van der Waals surface area contributed by atoms with E-state index in [2.05, 4.69) is 43.9 Å². The van der Waals surface area contributed by atoms with Crippen LogP contribution in [0, 0.1) is 0 Å². The van der Waals surface area contributed by atoms with Crippen molar-refractivity contribution in [1.29, 1.82) is 0 Å². The lowest BCUT2D eigenvalue weighted by atomic mass is 10.2. The summed E-state index contributed by atoms with van der Waals surface area (Å²) in [7, 11) is 0. The molecule has 0 saturated carbocycles. The maximum Gasteiger partial charge on any atom is 0.0513 e. The highest BCUT2D eigenvalue weighted by Crippen LogP contribution is 2.29. The number of nitrogens with zero attached hydrogens (tertiary/aromatic N) is 2. The lowest BCUT2D eigenvalue weighted by molar-refractivity contribution is 0.653. The van der Waals surface area contributed by atoms with Crippen LogP contribution in [0.4, 0.5) is 17.1 Å². The largest absolute Gasteiger partial charge is 0.399 e. The normalized spacial score (nSPS) is 15.3. The Morgan fingerprint density at radius 3 is 2.14 bits per heavy atom. The molecule has 0 bridgehead atoms. The van der Waals surface area contributed by atoms with E-state index in [0.29, 0.717) is 0 Å². The number of rotatable bonds is 2. The van der Waals surface area contributed by atoms with Crippen LogP contribution in [0.2, 0.25) is 5.02 Å². The SMILES string of the molecule is Nc1ccc(N2CCN(c3ccc(Cl)cc3)CC2)c(Br)c1. The zero-order chi connectivity index (χ0) is 14.8. The molecule has 3 rings (SSSR count). The molecule has 0 spiro atoms. The van der Waals surface area contributed by atoms with Gasteiger partial charge in [0, 0.05) is 47.0 Å². The van der Waals surface area contributed by atoms with Crippen LogP contribution in [0.25, 0.3) is 0 Å². The van der Waals surface area contributed by atoms with Crippen molar-refractivity contribution in [3.8, 4) is 0 Å². The molecular formula is C16H17BrClN3. The van der Waals surface area contributed by atoms with Gasteiger partial charge in [-0.05, 0) is 58.4 Å². The van der Waals surface area contributed by atoms with Crippen LogP contribution in [0.3, 0.4) is 0 Å². The summed E-state index contributed by atoms with van der Waals surface area (Å²) >= 11 is 9.54. The van der Waals surface area contributed by atoms with Crippen LogP contribution >= 0.6 is 27.5 Å². The van der Waals surface area contributed by atoms with Gasteiger partial charge in [-0.25, -0.2) is 0 Å². The van der Waals surface area contributed by atoms with Crippen molar-refractivity contribution in [3.05, 3.63) is 52.0 Å². The summed E-state index contributed by atoms with van der Waals surface area (Å²) in [5.74, 6) is 0. The van der Waals surface area contributed by atoms with Gasteiger partial charge in [0.2, 0.25) is 0 Å². The zero-order valence-electron chi connectivity index (χ0n) is 11.6. The lowest BCUT2D eigenvalue weighted by Gasteiger charge is -2.37. The lowest BCUT2D eigenvalue weighted by Crippen LogP contribution is -2.46. The molecule has 0 unspecified atom stereocenters. The van der Waals surface area contributed by atoms with E-state index in [0.717, 1.165) is 41.4 Å². The summed E-state index contributed by atoms with van der Waals surface area (Å²) in [5.41, 5.74) is 9.02. The summed E-state index contributed by atoms with van der Waals surface area (Å²) in [6.45, 7) is 3.98. The fourth-order valence-corrected chi connectivity index (χ4v) is 3.41. The second kappa shape index (κ2) is 6.16. The Labute approximate surface area is 138 Å². The Balaban J connectivity index is 1.68. The molecule has 5 heteroatoms. The molecule has 1 aliphatic heterocycles. The van der Waals surface area contributed by atoms with Crippen LogP contribution in [-0.4, -0.2) is 26.2 Å². The molecule has 3 nitrogen and oxygen atoms in total. The average Bonchev–Trinajstić information content (AvgIpc) is 2.48. The minimum atomic E-state index is 0.781. The van der Waals surface area contributed by atoms with Crippen molar-refractivity contribution in [3.63, 3.8) is 0 Å². The Morgan fingerprint density at radius 1 is 0.905 bits per heavy atom. The van der Waals surface area contributed by atoms with E-state index < -0.39 is 0 Å². The zero-order valence-corrected chi connectivity index (χ0v) is 13.9. The topological polar surface area (TPSA) is 32.5 Å². The van der Waals surface area contributed by atoms with Crippen LogP contribution in [0.5, 0.6) is 0 Å². The third-order valence-corrected chi connectivity index (χ3v) is 4.67. The van der Waals surface area contributed by atoms with E-state index in [1.807, 2.05) is 24.3 Å². The van der Waals surface area contributed by atoms with Gasteiger partial charge in [-0.1, -0.05) is 11.6 Å². The fraction of sp³-hybridized carbons (Fsp3) is 0.250. The molecule has 0 aliphatic carbocycles. The van der Waals surface area contributed by atoms with Crippen molar-refractivity contribution in [1.82, 2.24) is 0 Å². The summed E-state index contributed by atoms with van der Waals surface area (Å²) in [5, 5.41) is 0.781. The maximum absolute atomic E-state index is 5.94. The number of nitrogens with two attached hydrogens (primary N) is 1. The first-order valence-corrected chi connectivity index (χ1v) is 8.11. The van der Waals surface area contributed by atoms with E-state index in [1.165, 1.54) is 11.4 Å². The Hall–Kier alpha value is -1.39. The van der Waals surface area contributed by atoms with E-state index in [9.17, 15) is 0 Å². The summed E-state index contributed by atoms with van der Waals surface area (Å²) in [4.78, 5) is 4.77. The molecule has 1 aliphatic rings. The van der Waals surface area contributed by atoms with Gasteiger partial charge in [0.05, 0.1) is 5.69 Å². The third-order valence-electron chi connectivity index (χ3n) is 3.78. The van der Waals surface area contributed by atoms with Gasteiger partial charge >= 0.3 is 0 Å². The molecule has 110 valence electrons. The average molecular weight is 367 g/mol. The predicted molar refractivity (Wildman–Crippen MR) is 94.4 cm³/mol. The minimum Gasteiger partial charge on any atom is -0.399 e. The first-order valence-electron chi connectivity index (χ1n) is 6.94. The molecule has 0 radical (unpaired) electrons. The van der Waals surface area contributed by atoms with Crippen molar-refractivity contribution in [2.24, 2.45) is 0 Å². The Kier molecular flexibility index (Phi) is 4.27. The number of nitrogen functional groups attached to an aromatic ring is 1. The molecule has 2 aromatic carbocycles. The number of hydrogen-bond acceptors (Lipinski definition) is 3. The standard InChI is InChI=1S/C16H17BrClN3/c17-15-11-13(19)3-6-16(15)21-9-7-20(8-10-21)14-4-1-12(18)2-5-14/h1-6,11H,7-10,19H2. The number of halogens is 2. The molecule has 2 N–H and O–H groups in total. The number of benzene rings is 2. The molecule has 0 atom stereocenters. The van der Waals surface area contributed by atoms with Gasteiger partial charge in [0.15, 0.2) is 0 Å². The highest BCUT2D eigenvalue weighted by molar-refractivity contribution is 9.10. The van der Waals surface area contributed by atoms with E-state index in [1.54, 1.807) is 0 Å². The molecule has 0 amide bonds. The van der Waals surface area contributed by atoms with Crippen LogP contribution in [0.15, 0.2) is 46.9 Å². The molecule has 21 heavy (non-hydrogen) atoms. The van der Waals surface area contributed by atoms with Crippen LogP contribution < -0.4 is 15.5 Å².